The van der Waals surface area contributed by atoms with E-state index in [1.807, 2.05) is 11.8 Å². The van der Waals surface area contributed by atoms with Gasteiger partial charge in [-0.2, -0.15) is 0 Å². The number of likely N-dealkylation sites (tertiary alicyclic amines) is 2. The van der Waals surface area contributed by atoms with Gasteiger partial charge in [-0.1, -0.05) is 12.8 Å². The first-order valence-electron chi connectivity index (χ1n) is 8.39. The molecule has 2 amide bonds. The minimum atomic E-state index is 0. The maximum atomic E-state index is 12.5. The largest absolute Gasteiger partial charge is 0.341 e. The third-order valence-electron chi connectivity index (χ3n) is 4.80. The molecule has 0 bridgehead atoms. The molecule has 2 saturated heterocycles. The van der Waals surface area contributed by atoms with E-state index in [0.29, 0.717) is 12.3 Å². The molecule has 2 atom stereocenters. The molecular formula is C16H30ClN3O2. The van der Waals surface area contributed by atoms with Crippen LogP contribution in [0.4, 0.5) is 0 Å². The monoisotopic (exact) mass is 331 g/mol. The van der Waals surface area contributed by atoms with Gasteiger partial charge in [0, 0.05) is 32.1 Å². The van der Waals surface area contributed by atoms with E-state index in [0.717, 1.165) is 58.2 Å². The molecule has 0 radical (unpaired) electrons. The summed E-state index contributed by atoms with van der Waals surface area (Å²) in [5, 5.41) is 0. The van der Waals surface area contributed by atoms with E-state index < -0.39 is 0 Å². The summed E-state index contributed by atoms with van der Waals surface area (Å²) in [6.45, 7) is 4.56. The molecule has 2 N–H and O–H groups in total. The van der Waals surface area contributed by atoms with Gasteiger partial charge < -0.3 is 15.5 Å². The molecule has 0 aromatic heterocycles. The van der Waals surface area contributed by atoms with E-state index in [-0.39, 0.29) is 36.8 Å². The van der Waals surface area contributed by atoms with Gasteiger partial charge >= 0.3 is 0 Å². The Balaban J connectivity index is 0.00000242. The van der Waals surface area contributed by atoms with Crippen LogP contribution < -0.4 is 5.73 Å². The van der Waals surface area contributed by atoms with Gasteiger partial charge in [0.05, 0.1) is 6.54 Å². The molecule has 0 aromatic carbocycles. The molecule has 0 aromatic rings. The zero-order valence-corrected chi connectivity index (χ0v) is 14.4. The number of piperidine rings is 1. The Bertz CT molecular complexity index is 376. The number of halogens is 1. The highest BCUT2D eigenvalue weighted by atomic mass is 35.5. The second-order valence-electron chi connectivity index (χ2n) is 6.58. The van der Waals surface area contributed by atoms with Crippen LogP contribution in [0.5, 0.6) is 0 Å². The molecule has 2 aliphatic rings. The lowest BCUT2D eigenvalue weighted by Gasteiger charge is -2.36. The highest BCUT2D eigenvalue weighted by Crippen LogP contribution is 2.19. The number of nitrogens with two attached hydrogens (primary N) is 1. The Morgan fingerprint density at radius 1 is 1.23 bits per heavy atom. The number of hydrogen-bond acceptors (Lipinski definition) is 3. The predicted octanol–water partition coefficient (Wildman–Crippen LogP) is 1.79. The van der Waals surface area contributed by atoms with E-state index in [4.69, 9.17) is 5.73 Å². The normalized spacial score (nSPS) is 25.0. The molecule has 2 rings (SSSR count). The molecule has 2 fully saturated rings. The molecule has 0 saturated carbocycles. The first-order valence-corrected chi connectivity index (χ1v) is 8.39. The van der Waals surface area contributed by atoms with Gasteiger partial charge in [0.15, 0.2) is 0 Å². The van der Waals surface area contributed by atoms with Gasteiger partial charge in [0.1, 0.15) is 0 Å². The van der Waals surface area contributed by atoms with Crippen molar-refractivity contribution in [2.45, 2.75) is 57.9 Å². The standard InChI is InChI=1S/C16H29N3O2.ClH/c1-13(17)14-7-6-10-18(11-14)16(21)12-19-9-5-3-2-4-8-15(19)20;/h13-14H,2-12,17H2,1H3;1H. The summed E-state index contributed by atoms with van der Waals surface area (Å²) in [6.07, 6.45) is 6.98. The summed E-state index contributed by atoms with van der Waals surface area (Å²) >= 11 is 0. The highest BCUT2D eigenvalue weighted by molar-refractivity contribution is 5.85. The predicted molar refractivity (Wildman–Crippen MR) is 89.9 cm³/mol. The van der Waals surface area contributed by atoms with Crippen LogP contribution in [0.25, 0.3) is 0 Å². The number of amides is 2. The minimum absolute atomic E-state index is 0. The summed E-state index contributed by atoms with van der Waals surface area (Å²) in [4.78, 5) is 28.2. The Hall–Kier alpha value is -0.810. The van der Waals surface area contributed by atoms with E-state index >= 15 is 0 Å². The second-order valence-corrected chi connectivity index (χ2v) is 6.58. The van der Waals surface area contributed by atoms with Crippen LogP contribution >= 0.6 is 12.4 Å². The van der Waals surface area contributed by atoms with Crippen LogP contribution in [-0.4, -0.2) is 53.8 Å². The van der Waals surface area contributed by atoms with Gasteiger partial charge in [0.2, 0.25) is 11.8 Å². The number of carbonyl (C=O) groups is 2. The Kier molecular flexibility index (Phi) is 8.18. The van der Waals surface area contributed by atoms with Crippen molar-refractivity contribution < 1.29 is 9.59 Å². The van der Waals surface area contributed by atoms with Crippen molar-refractivity contribution in [3.8, 4) is 0 Å². The number of rotatable bonds is 3. The van der Waals surface area contributed by atoms with Crippen LogP contribution in [0.1, 0.15) is 51.9 Å². The zero-order chi connectivity index (χ0) is 15.2. The van der Waals surface area contributed by atoms with Crippen LogP contribution in [-0.2, 0) is 9.59 Å². The fourth-order valence-electron chi connectivity index (χ4n) is 3.31. The summed E-state index contributed by atoms with van der Waals surface area (Å²) < 4.78 is 0. The van der Waals surface area contributed by atoms with Gasteiger partial charge in [-0.05, 0) is 38.5 Å². The molecule has 0 aliphatic carbocycles. The summed E-state index contributed by atoms with van der Waals surface area (Å²) in [6, 6.07) is 0.129. The van der Waals surface area contributed by atoms with Crippen LogP contribution in [0, 0.1) is 5.92 Å². The SMILES string of the molecule is CC(N)C1CCCN(C(=O)CN2CCCCCCC2=O)C1.Cl. The molecule has 128 valence electrons. The Labute approximate surface area is 140 Å². The number of hydrogen-bond donors (Lipinski definition) is 1. The van der Waals surface area contributed by atoms with Crippen molar-refractivity contribution in [2.24, 2.45) is 11.7 Å². The molecule has 22 heavy (non-hydrogen) atoms. The first kappa shape index (κ1) is 19.2. The average molecular weight is 332 g/mol. The summed E-state index contributed by atoms with van der Waals surface area (Å²) in [7, 11) is 0. The van der Waals surface area contributed by atoms with Crippen molar-refractivity contribution >= 4 is 24.2 Å². The lowest BCUT2D eigenvalue weighted by molar-refractivity contribution is -0.142. The lowest BCUT2D eigenvalue weighted by atomic mass is 9.92. The lowest BCUT2D eigenvalue weighted by Crippen LogP contribution is -2.49. The summed E-state index contributed by atoms with van der Waals surface area (Å²) in [5.74, 6) is 0.629. The van der Waals surface area contributed by atoms with E-state index in [1.54, 1.807) is 4.90 Å². The third-order valence-corrected chi connectivity index (χ3v) is 4.80. The van der Waals surface area contributed by atoms with Gasteiger partial charge in [0.25, 0.3) is 0 Å². The van der Waals surface area contributed by atoms with Crippen molar-refractivity contribution in [3.63, 3.8) is 0 Å². The first-order chi connectivity index (χ1) is 10.1. The van der Waals surface area contributed by atoms with Gasteiger partial charge in [-0.25, -0.2) is 0 Å². The molecule has 5 nitrogen and oxygen atoms in total. The third kappa shape index (κ3) is 5.43. The van der Waals surface area contributed by atoms with Crippen molar-refractivity contribution in [2.75, 3.05) is 26.2 Å². The van der Waals surface area contributed by atoms with Crippen LogP contribution in [0.15, 0.2) is 0 Å². The molecule has 2 aliphatic heterocycles. The van der Waals surface area contributed by atoms with E-state index in [2.05, 4.69) is 0 Å². The van der Waals surface area contributed by atoms with Crippen molar-refractivity contribution in [3.05, 3.63) is 0 Å². The topological polar surface area (TPSA) is 66.6 Å². The molecule has 2 unspecified atom stereocenters. The van der Waals surface area contributed by atoms with E-state index in [9.17, 15) is 9.59 Å². The maximum absolute atomic E-state index is 12.5. The molecule has 0 spiro atoms. The van der Waals surface area contributed by atoms with E-state index in [1.165, 1.54) is 0 Å². The second kappa shape index (κ2) is 9.36. The van der Waals surface area contributed by atoms with Gasteiger partial charge in [-0.3, -0.25) is 9.59 Å². The quantitative estimate of drug-likeness (QED) is 0.857. The highest BCUT2D eigenvalue weighted by Gasteiger charge is 2.27. The number of carbonyl (C=O) groups excluding carboxylic acids is 2. The Morgan fingerprint density at radius 2 is 1.95 bits per heavy atom. The van der Waals surface area contributed by atoms with Crippen LogP contribution in [0.2, 0.25) is 0 Å². The smallest absolute Gasteiger partial charge is 0.242 e. The van der Waals surface area contributed by atoms with Gasteiger partial charge in [-0.15, -0.1) is 12.4 Å². The molecule has 2 heterocycles. The zero-order valence-electron chi connectivity index (χ0n) is 13.6. The Morgan fingerprint density at radius 3 is 2.68 bits per heavy atom. The molecule has 6 heteroatoms. The maximum Gasteiger partial charge on any atom is 0.242 e. The minimum Gasteiger partial charge on any atom is -0.341 e. The average Bonchev–Trinajstić information content (AvgIpc) is 2.47. The fourth-order valence-corrected chi connectivity index (χ4v) is 3.31. The van der Waals surface area contributed by atoms with Crippen molar-refractivity contribution in [1.82, 2.24) is 9.80 Å². The molecular weight excluding hydrogens is 302 g/mol. The van der Waals surface area contributed by atoms with Crippen molar-refractivity contribution in [1.29, 1.82) is 0 Å². The number of nitrogens with zero attached hydrogens (tertiary/aromatic N) is 2. The van der Waals surface area contributed by atoms with Crippen LogP contribution in [0.3, 0.4) is 0 Å². The fraction of sp³-hybridized carbons (Fsp3) is 0.875. The summed E-state index contributed by atoms with van der Waals surface area (Å²) in [5.41, 5.74) is 5.97.